The zero-order valence-electron chi connectivity index (χ0n) is 32.7. The summed E-state index contributed by atoms with van der Waals surface area (Å²) >= 11 is 0. The molecule has 1 heterocycles. The first-order valence-corrected chi connectivity index (χ1v) is 20.9. The number of rotatable bonds is 33. The molecule has 0 aromatic heterocycles. The summed E-state index contributed by atoms with van der Waals surface area (Å²) in [7, 11) is 0. The average molecular weight is 742 g/mol. The molecule has 0 aromatic rings. The van der Waals surface area contributed by atoms with Crippen LogP contribution in [0.4, 0.5) is 0 Å². The predicted molar refractivity (Wildman–Crippen MR) is 203 cm³/mol. The van der Waals surface area contributed by atoms with Crippen LogP contribution < -0.4 is 10.6 Å². The lowest BCUT2D eigenvalue weighted by Gasteiger charge is -2.47. The van der Waals surface area contributed by atoms with Crippen molar-refractivity contribution in [2.45, 2.75) is 211 Å². The Morgan fingerprint density at radius 1 is 0.596 bits per heavy atom. The molecule has 0 spiro atoms. The van der Waals surface area contributed by atoms with Crippen LogP contribution >= 0.6 is 0 Å². The molecular formula is C40H75N3O9. The molecule has 1 rings (SSSR count). The van der Waals surface area contributed by atoms with Gasteiger partial charge in [-0.15, -0.1) is 0 Å². The van der Waals surface area contributed by atoms with Gasteiger partial charge in [0.1, 0.15) is 24.4 Å². The molecule has 304 valence electrons. The van der Waals surface area contributed by atoms with Gasteiger partial charge in [0, 0.05) is 19.4 Å². The summed E-state index contributed by atoms with van der Waals surface area (Å²) in [5.41, 5.74) is 0. The summed E-state index contributed by atoms with van der Waals surface area (Å²) in [6, 6.07) is -1.22. The van der Waals surface area contributed by atoms with Crippen molar-refractivity contribution in [2.24, 2.45) is 0 Å². The van der Waals surface area contributed by atoms with Gasteiger partial charge in [0.2, 0.25) is 17.7 Å². The maximum Gasteiger partial charge on any atom is 0.303 e. The fraction of sp³-hybridized carbons (Fsp3) is 0.900. The zero-order chi connectivity index (χ0) is 38.4. The highest BCUT2D eigenvalue weighted by molar-refractivity contribution is 5.86. The number of amides is 3. The van der Waals surface area contributed by atoms with Crippen molar-refractivity contribution in [3.05, 3.63) is 0 Å². The van der Waals surface area contributed by atoms with Crippen molar-refractivity contribution in [3.63, 3.8) is 0 Å². The first-order valence-electron chi connectivity index (χ1n) is 20.9. The number of carboxylic acid groups (broad SMARTS) is 1. The summed E-state index contributed by atoms with van der Waals surface area (Å²) in [5.74, 6) is -2.63. The molecule has 0 unspecified atom stereocenters. The van der Waals surface area contributed by atoms with Gasteiger partial charge in [0.25, 0.3) is 0 Å². The van der Waals surface area contributed by atoms with Crippen molar-refractivity contribution in [3.8, 4) is 0 Å². The lowest BCUT2D eigenvalue weighted by molar-refractivity contribution is -0.231. The van der Waals surface area contributed by atoms with E-state index in [-0.39, 0.29) is 25.2 Å². The van der Waals surface area contributed by atoms with E-state index in [1.54, 1.807) is 4.90 Å². The van der Waals surface area contributed by atoms with Gasteiger partial charge in [-0.3, -0.25) is 19.2 Å². The highest BCUT2D eigenvalue weighted by Gasteiger charge is 2.48. The van der Waals surface area contributed by atoms with Gasteiger partial charge in [-0.25, -0.2) is 0 Å². The van der Waals surface area contributed by atoms with Crippen molar-refractivity contribution >= 4 is 23.7 Å². The number of carbonyl (C=O) groups is 4. The van der Waals surface area contributed by atoms with Gasteiger partial charge in [-0.2, -0.15) is 0 Å². The number of unbranched alkanes of at least 4 members (excludes halogenated alkanes) is 21. The number of carboxylic acids is 1. The second-order valence-electron chi connectivity index (χ2n) is 14.8. The largest absolute Gasteiger partial charge is 0.481 e. The topological polar surface area (TPSA) is 186 Å². The fourth-order valence-electron chi connectivity index (χ4n) is 6.85. The molecule has 52 heavy (non-hydrogen) atoms. The third-order valence-electron chi connectivity index (χ3n) is 10.1. The Hall–Kier alpha value is -2.28. The molecule has 3 amide bonds. The van der Waals surface area contributed by atoms with Gasteiger partial charge in [-0.1, -0.05) is 149 Å². The lowest BCUT2D eigenvalue weighted by Crippen LogP contribution is -2.69. The Morgan fingerprint density at radius 3 is 1.52 bits per heavy atom. The van der Waals surface area contributed by atoms with Crippen LogP contribution in [0.2, 0.25) is 0 Å². The van der Waals surface area contributed by atoms with Crippen molar-refractivity contribution in [1.29, 1.82) is 0 Å². The third kappa shape index (κ3) is 22.1. The Morgan fingerprint density at radius 2 is 1.06 bits per heavy atom. The van der Waals surface area contributed by atoms with Crippen LogP contribution in [0.25, 0.3) is 0 Å². The van der Waals surface area contributed by atoms with E-state index < -0.39 is 61.5 Å². The molecule has 0 saturated carbocycles. The van der Waals surface area contributed by atoms with Crippen LogP contribution in [-0.4, -0.2) is 99.3 Å². The first kappa shape index (κ1) is 47.7. The molecule has 12 nitrogen and oxygen atoms in total. The molecule has 0 bridgehead atoms. The van der Waals surface area contributed by atoms with Crippen molar-refractivity contribution in [1.82, 2.24) is 15.5 Å². The number of nitrogens with one attached hydrogen (secondary N) is 2. The fourth-order valence-corrected chi connectivity index (χ4v) is 6.85. The normalized spacial score (nSPS) is 20.1. The number of hydrogen-bond acceptors (Lipinski definition) is 8. The SMILES string of the molecule is CCCCCCCCCCCCCCN(C(=O)CCCCCCCCCCCCC)[C@@H]1O[C@H](CO)[C@H](O)[C@H](O)[C@H]1NC(=O)CNC(=O)CCC(=O)O. The Bertz CT molecular complexity index is 953. The van der Waals surface area contributed by atoms with E-state index in [4.69, 9.17) is 9.84 Å². The molecule has 1 aliphatic heterocycles. The summed E-state index contributed by atoms with van der Waals surface area (Å²) in [6.07, 6.45) is 20.8. The quantitative estimate of drug-likeness (QED) is 0.0431. The Balaban J connectivity index is 2.82. The number of aliphatic hydroxyl groups excluding tert-OH is 3. The van der Waals surface area contributed by atoms with E-state index in [1.165, 1.54) is 96.3 Å². The minimum atomic E-state index is -1.55. The number of hydrogen-bond donors (Lipinski definition) is 6. The lowest BCUT2D eigenvalue weighted by atomic mass is 9.94. The molecule has 12 heteroatoms. The monoisotopic (exact) mass is 742 g/mol. The number of ether oxygens (including phenoxy) is 1. The van der Waals surface area contributed by atoms with Gasteiger partial charge in [0.15, 0.2) is 6.23 Å². The van der Waals surface area contributed by atoms with Crippen molar-refractivity contribution in [2.75, 3.05) is 19.7 Å². The smallest absolute Gasteiger partial charge is 0.303 e. The Kier molecular flexibility index (Phi) is 28.6. The van der Waals surface area contributed by atoms with E-state index in [9.17, 15) is 34.5 Å². The molecule has 0 radical (unpaired) electrons. The van der Waals surface area contributed by atoms with Crippen LogP contribution in [0.15, 0.2) is 0 Å². The number of aliphatic hydroxyl groups is 3. The molecular weight excluding hydrogens is 666 g/mol. The summed E-state index contributed by atoms with van der Waals surface area (Å²) in [5, 5.41) is 45.6. The number of carbonyl (C=O) groups excluding carboxylic acids is 3. The van der Waals surface area contributed by atoms with Gasteiger partial charge >= 0.3 is 5.97 Å². The average Bonchev–Trinajstić information content (AvgIpc) is 3.13. The molecule has 1 aliphatic rings. The van der Waals surface area contributed by atoms with Crippen LogP contribution in [0.1, 0.15) is 181 Å². The molecule has 0 aliphatic carbocycles. The standard InChI is InChI=1S/C40H75N3O9/c1-3-5-7-9-11-13-15-17-19-21-23-25-29-43(35(47)26-24-22-20-18-16-14-12-10-8-6-4-2)40-37(39(51)38(50)32(31-44)52-40)42-34(46)30-41-33(45)27-28-36(48)49/h32,37-40,44,50-51H,3-31H2,1-2H3,(H,41,45)(H,42,46)(H,48,49)/t32-,37-,38+,39-,40-/m1/s1. The second kappa shape index (κ2) is 31.1. The predicted octanol–water partition coefficient (Wildman–Crippen LogP) is 6.12. The van der Waals surface area contributed by atoms with E-state index in [0.717, 1.165) is 38.5 Å². The highest BCUT2D eigenvalue weighted by atomic mass is 16.5. The maximum atomic E-state index is 13.8. The van der Waals surface area contributed by atoms with E-state index in [0.29, 0.717) is 19.4 Å². The summed E-state index contributed by atoms with van der Waals surface area (Å²) in [6.45, 7) is 3.71. The second-order valence-corrected chi connectivity index (χ2v) is 14.8. The molecule has 6 N–H and O–H groups in total. The van der Waals surface area contributed by atoms with Crippen LogP contribution in [0.5, 0.6) is 0 Å². The number of nitrogens with zero attached hydrogens (tertiary/aromatic N) is 1. The van der Waals surface area contributed by atoms with E-state index in [1.807, 2.05) is 0 Å². The van der Waals surface area contributed by atoms with Gasteiger partial charge in [0.05, 0.1) is 19.6 Å². The summed E-state index contributed by atoms with van der Waals surface area (Å²) in [4.78, 5) is 51.0. The molecule has 0 aromatic carbocycles. The maximum absolute atomic E-state index is 13.8. The zero-order valence-corrected chi connectivity index (χ0v) is 32.7. The van der Waals surface area contributed by atoms with Gasteiger partial charge in [-0.05, 0) is 12.8 Å². The van der Waals surface area contributed by atoms with E-state index in [2.05, 4.69) is 24.5 Å². The third-order valence-corrected chi connectivity index (χ3v) is 10.1. The Labute approximate surface area is 314 Å². The van der Waals surface area contributed by atoms with Crippen LogP contribution in [-0.2, 0) is 23.9 Å². The first-order chi connectivity index (χ1) is 25.2. The van der Waals surface area contributed by atoms with Gasteiger partial charge < -0.3 is 40.7 Å². The highest BCUT2D eigenvalue weighted by Crippen LogP contribution is 2.26. The van der Waals surface area contributed by atoms with Crippen molar-refractivity contribution < 1.29 is 44.3 Å². The minimum absolute atomic E-state index is 0.175. The van der Waals surface area contributed by atoms with Crippen LogP contribution in [0, 0.1) is 0 Å². The minimum Gasteiger partial charge on any atom is -0.481 e. The van der Waals surface area contributed by atoms with E-state index >= 15 is 0 Å². The van der Waals surface area contributed by atoms with Crippen LogP contribution in [0.3, 0.4) is 0 Å². The summed E-state index contributed by atoms with van der Waals surface area (Å²) < 4.78 is 6.05. The number of aliphatic carboxylic acids is 1. The molecule has 5 atom stereocenters. The molecule has 1 fully saturated rings. The molecule has 1 saturated heterocycles.